The summed E-state index contributed by atoms with van der Waals surface area (Å²) < 4.78 is 10.5. The highest BCUT2D eigenvalue weighted by Gasteiger charge is 2.38. The van der Waals surface area contributed by atoms with Gasteiger partial charge in [-0.1, -0.05) is 42.5 Å². The van der Waals surface area contributed by atoms with E-state index in [0.29, 0.717) is 22.7 Å². The normalized spacial score (nSPS) is 15.1. The summed E-state index contributed by atoms with van der Waals surface area (Å²) in [7, 11) is 1.59. The second kappa shape index (κ2) is 8.48. The summed E-state index contributed by atoms with van der Waals surface area (Å²) in [6.07, 6.45) is 1.78. The van der Waals surface area contributed by atoms with Crippen LogP contribution in [-0.2, 0) is 14.3 Å². The first-order chi connectivity index (χ1) is 15.0. The SMILES string of the molecule is CCOC(=O)C1=C(C)N(c2ccc(OC)cc2)C(=O)/C1=C/c1cccc2ccccc12. The molecule has 3 aromatic rings. The number of carbonyl (C=O) groups excluding carboxylic acids is 2. The van der Waals surface area contributed by atoms with Crippen molar-refractivity contribution in [2.75, 3.05) is 18.6 Å². The number of nitrogens with zero attached hydrogens (tertiary/aromatic N) is 1. The Bertz CT molecular complexity index is 1220. The molecule has 0 bridgehead atoms. The maximum atomic E-state index is 13.5. The number of methoxy groups -OCH3 is 1. The van der Waals surface area contributed by atoms with Crippen LogP contribution in [0.25, 0.3) is 16.8 Å². The average molecular weight is 413 g/mol. The number of hydrogen-bond donors (Lipinski definition) is 0. The van der Waals surface area contributed by atoms with Gasteiger partial charge in [0.05, 0.1) is 24.9 Å². The number of hydrogen-bond acceptors (Lipinski definition) is 4. The minimum atomic E-state index is -0.504. The molecule has 0 spiro atoms. The van der Waals surface area contributed by atoms with Gasteiger partial charge in [-0.3, -0.25) is 9.69 Å². The molecule has 0 aromatic heterocycles. The van der Waals surface area contributed by atoms with Gasteiger partial charge in [0.2, 0.25) is 0 Å². The van der Waals surface area contributed by atoms with Crippen LogP contribution < -0.4 is 9.64 Å². The van der Waals surface area contributed by atoms with E-state index in [4.69, 9.17) is 9.47 Å². The van der Waals surface area contributed by atoms with Crippen molar-refractivity contribution in [2.45, 2.75) is 13.8 Å². The van der Waals surface area contributed by atoms with Crippen LogP contribution in [0.2, 0.25) is 0 Å². The van der Waals surface area contributed by atoms with Gasteiger partial charge in [-0.25, -0.2) is 4.79 Å². The fourth-order valence-electron chi connectivity index (χ4n) is 3.86. The molecule has 5 heteroatoms. The second-order valence-corrected chi connectivity index (χ2v) is 7.15. The van der Waals surface area contributed by atoms with Crippen LogP contribution in [0.1, 0.15) is 19.4 Å². The number of ether oxygens (including phenoxy) is 2. The average Bonchev–Trinajstić information content (AvgIpc) is 3.03. The molecular formula is C26H23NO4. The number of rotatable bonds is 5. The van der Waals surface area contributed by atoms with E-state index in [1.807, 2.05) is 42.5 Å². The zero-order valence-electron chi connectivity index (χ0n) is 17.7. The molecule has 0 N–H and O–H groups in total. The van der Waals surface area contributed by atoms with E-state index >= 15 is 0 Å². The first-order valence-electron chi connectivity index (χ1n) is 10.1. The predicted octanol–water partition coefficient (Wildman–Crippen LogP) is 5.12. The fourth-order valence-corrected chi connectivity index (χ4v) is 3.86. The summed E-state index contributed by atoms with van der Waals surface area (Å²) in [4.78, 5) is 27.9. The Morgan fingerprint density at radius 3 is 2.42 bits per heavy atom. The number of esters is 1. The van der Waals surface area contributed by atoms with E-state index in [9.17, 15) is 9.59 Å². The molecular weight excluding hydrogens is 390 g/mol. The number of benzene rings is 3. The number of allylic oxidation sites excluding steroid dienone is 1. The Morgan fingerprint density at radius 1 is 1.00 bits per heavy atom. The van der Waals surface area contributed by atoms with Gasteiger partial charge < -0.3 is 9.47 Å². The highest BCUT2D eigenvalue weighted by atomic mass is 16.5. The third-order valence-corrected chi connectivity index (χ3v) is 5.33. The zero-order valence-corrected chi connectivity index (χ0v) is 17.7. The van der Waals surface area contributed by atoms with E-state index in [2.05, 4.69) is 0 Å². The number of carbonyl (C=O) groups is 2. The van der Waals surface area contributed by atoms with Gasteiger partial charge in [0.15, 0.2) is 0 Å². The smallest absolute Gasteiger partial charge is 0.340 e. The van der Waals surface area contributed by atoms with E-state index in [-0.39, 0.29) is 18.1 Å². The highest BCUT2D eigenvalue weighted by Crippen LogP contribution is 2.36. The van der Waals surface area contributed by atoms with Crippen LogP contribution in [0, 0.1) is 0 Å². The van der Waals surface area contributed by atoms with Crippen molar-refractivity contribution in [1.29, 1.82) is 0 Å². The minimum Gasteiger partial charge on any atom is -0.497 e. The summed E-state index contributed by atoms with van der Waals surface area (Å²) in [5.41, 5.74) is 2.68. The number of amides is 1. The van der Waals surface area contributed by atoms with Gasteiger partial charge >= 0.3 is 5.97 Å². The zero-order chi connectivity index (χ0) is 22.0. The number of anilines is 1. The fraction of sp³-hybridized carbons (Fsp3) is 0.154. The van der Waals surface area contributed by atoms with Gasteiger partial charge in [-0.2, -0.15) is 0 Å². The van der Waals surface area contributed by atoms with Crippen molar-refractivity contribution in [3.05, 3.63) is 89.1 Å². The van der Waals surface area contributed by atoms with E-state index in [1.54, 1.807) is 56.2 Å². The molecule has 4 rings (SSSR count). The van der Waals surface area contributed by atoms with Gasteiger partial charge in [0.25, 0.3) is 5.91 Å². The first-order valence-corrected chi connectivity index (χ1v) is 10.1. The first kappa shape index (κ1) is 20.4. The van der Waals surface area contributed by atoms with Crippen LogP contribution in [0.5, 0.6) is 5.75 Å². The summed E-state index contributed by atoms with van der Waals surface area (Å²) in [5, 5.41) is 2.07. The molecule has 0 unspecified atom stereocenters. The molecule has 0 fully saturated rings. The largest absolute Gasteiger partial charge is 0.497 e. The maximum absolute atomic E-state index is 13.5. The molecule has 0 radical (unpaired) electrons. The van der Waals surface area contributed by atoms with Gasteiger partial charge in [-0.15, -0.1) is 0 Å². The summed E-state index contributed by atoms with van der Waals surface area (Å²) in [6.45, 7) is 3.74. The van der Waals surface area contributed by atoms with E-state index in [0.717, 1.165) is 16.3 Å². The van der Waals surface area contributed by atoms with Crippen molar-refractivity contribution < 1.29 is 19.1 Å². The standard InChI is InChI=1S/C26H23NO4/c1-4-31-26(29)24-17(2)27(20-12-14-21(30-3)15-13-20)25(28)23(24)16-19-10-7-9-18-8-5-6-11-22(18)19/h5-16H,4H2,1-3H3/b23-16+. The molecule has 156 valence electrons. The van der Waals surface area contributed by atoms with Crippen molar-refractivity contribution in [3.63, 3.8) is 0 Å². The predicted molar refractivity (Wildman–Crippen MR) is 122 cm³/mol. The van der Waals surface area contributed by atoms with Crippen LogP contribution >= 0.6 is 0 Å². The Hall–Kier alpha value is -3.86. The van der Waals surface area contributed by atoms with Crippen molar-refractivity contribution in [3.8, 4) is 5.75 Å². The Kier molecular flexibility index (Phi) is 5.58. The molecule has 31 heavy (non-hydrogen) atoms. The second-order valence-electron chi connectivity index (χ2n) is 7.15. The molecule has 1 aliphatic rings. The Labute approximate surface area is 181 Å². The third-order valence-electron chi connectivity index (χ3n) is 5.33. The molecule has 5 nitrogen and oxygen atoms in total. The van der Waals surface area contributed by atoms with Gasteiger partial charge in [0, 0.05) is 11.4 Å². The number of fused-ring (bicyclic) bond motifs is 1. The molecule has 1 aliphatic heterocycles. The van der Waals surface area contributed by atoms with Crippen LogP contribution in [0.15, 0.2) is 83.6 Å². The van der Waals surface area contributed by atoms with Gasteiger partial charge in [-0.05, 0) is 60.5 Å². The molecule has 0 atom stereocenters. The lowest BCUT2D eigenvalue weighted by Gasteiger charge is -2.18. The monoisotopic (exact) mass is 413 g/mol. The maximum Gasteiger partial charge on any atom is 0.340 e. The quantitative estimate of drug-likeness (QED) is 0.431. The molecule has 0 aliphatic carbocycles. The van der Waals surface area contributed by atoms with E-state index in [1.165, 1.54) is 0 Å². The molecule has 1 heterocycles. The minimum absolute atomic E-state index is 0.230. The summed E-state index contributed by atoms with van der Waals surface area (Å²) in [5.74, 6) is -0.0799. The highest BCUT2D eigenvalue weighted by molar-refractivity contribution is 6.24. The Balaban J connectivity index is 1.86. The van der Waals surface area contributed by atoms with Gasteiger partial charge in [0.1, 0.15) is 5.75 Å². The van der Waals surface area contributed by atoms with E-state index < -0.39 is 5.97 Å². The van der Waals surface area contributed by atoms with Crippen molar-refractivity contribution in [2.24, 2.45) is 0 Å². The summed E-state index contributed by atoms with van der Waals surface area (Å²) in [6, 6.07) is 21.0. The third kappa shape index (κ3) is 3.70. The Morgan fingerprint density at radius 2 is 1.71 bits per heavy atom. The lowest BCUT2D eigenvalue weighted by atomic mass is 9.99. The van der Waals surface area contributed by atoms with Crippen molar-refractivity contribution in [1.82, 2.24) is 0 Å². The summed E-state index contributed by atoms with van der Waals surface area (Å²) >= 11 is 0. The van der Waals surface area contributed by atoms with Crippen LogP contribution in [0.4, 0.5) is 5.69 Å². The van der Waals surface area contributed by atoms with Crippen molar-refractivity contribution >= 4 is 34.4 Å². The van der Waals surface area contributed by atoms with Crippen LogP contribution in [-0.4, -0.2) is 25.6 Å². The lowest BCUT2D eigenvalue weighted by molar-refractivity contribution is -0.138. The van der Waals surface area contributed by atoms with Crippen LogP contribution in [0.3, 0.4) is 0 Å². The molecule has 3 aromatic carbocycles. The molecule has 0 saturated heterocycles. The molecule has 0 saturated carbocycles. The topological polar surface area (TPSA) is 55.8 Å². The molecule has 1 amide bonds. The lowest BCUT2D eigenvalue weighted by Crippen LogP contribution is -2.24.